The van der Waals surface area contributed by atoms with Crippen molar-refractivity contribution >= 4 is 15.9 Å². The number of hydrogen-bond acceptors (Lipinski definition) is 3. The fourth-order valence-corrected chi connectivity index (χ4v) is 2.53. The Labute approximate surface area is 125 Å². The minimum Gasteiger partial charge on any atom is -0.497 e. The summed E-state index contributed by atoms with van der Waals surface area (Å²) in [5, 5.41) is 10.4. The summed E-state index contributed by atoms with van der Waals surface area (Å²) in [4.78, 5) is 0. The van der Waals surface area contributed by atoms with E-state index in [2.05, 4.69) is 15.9 Å². The number of rotatable bonds is 4. The minimum absolute atomic E-state index is 0.177. The van der Waals surface area contributed by atoms with Crippen molar-refractivity contribution in [1.29, 1.82) is 0 Å². The van der Waals surface area contributed by atoms with Gasteiger partial charge >= 0.3 is 0 Å². The Morgan fingerprint density at radius 3 is 2.50 bits per heavy atom. The van der Waals surface area contributed by atoms with Gasteiger partial charge in [-0.2, -0.15) is 0 Å². The Balaban J connectivity index is 2.50. The van der Waals surface area contributed by atoms with Gasteiger partial charge in [-0.25, -0.2) is 4.39 Å². The molecule has 20 heavy (non-hydrogen) atoms. The van der Waals surface area contributed by atoms with E-state index in [1.54, 1.807) is 37.4 Å². The van der Waals surface area contributed by atoms with E-state index in [-0.39, 0.29) is 5.56 Å². The molecule has 2 rings (SSSR count). The van der Waals surface area contributed by atoms with Crippen LogP contribution in [0.2, 0.25) is 0 Å². The lowest BCUT2D eigenvalue weighted by Crippen LogP contribution is -2.06. The molecule has 2 aromatic carbocycles. The average molecular weight is 341 g/mol. The molecule has 0 amide bonds. The number of aliphatic hydroxyl groups excluding tert-OH is 1. The maximum absolute atomic E-state index is 13.9. The van der Waals surface area contributed by atoms with Gasteiger partial charge in [0.05, 0.1) is 14.2 Å². The summed E-state index contributed by atoms with van der Waals surface area (Å²) < 4.78 is 24.7. The second-order valence-corrected chi connectivity index (χ2v) is 5.00. The van der Waals surface area contributed by atoms with Gasteiger partial charge in [0.2, 0.25) is 0 Å². The predicted molar refractivity (Wildman–Crippen MR) is 77.7 cm³/mol. The monoisotopic (exact) mass is 340 g/mol. The molecule has 5 heteroatoms. The molecule has 0 radical (unpaired) electrons. The summed E-state index contributed by atoms with van der Waals surface area (Å²) in [6.07, 6.45) is -1.13. The summed E-state index contributed by atoms with van der Waals surface area (Å²) in [6.45, 7) is 0. The molecule has 0 spiro atoms. The summed E-state index contributed by atoms with van der Waals surface area (Å²) in [6, 6.07) is 9.54. The molecule has 0 bridgehead atoms. The maximum Gasteiger partial charge on any atom is 0.130 e. The van der Waals surface area contributed by atoms with Crippen molar-refractivity contribution in [3.63, 3.8) is 0 Å². The smallest absolute Gasteiger partial charge is 0.130 e. The van der Waals surface area contributed by atoms with Crippen molar-refractivity contribution in [2.45, 2.75) is 6.10 Å². The summed E-state index contributed by atoms with van der Waals surface area (Å²) in [5.74, 6) is 0.558. The maximum atomic E-state index is 13.9. The first-order valence-electron chi connectivity index (χ1n) is 5.92. The molecule has 0 saturated carbocycles. The number of benzene rings is 2. The third-order valence-corrected chi connectivity index (χ3v) is 3.70. The molecule has 0 aromatic heterocycles. The summed E-state index contributed by atoms with van der Waals surface area (Å²) >= 11 is 3.25. The number of aliphatic hydroxyl groups is 1. The summed E-state index contributed by atoms with van der Waals surface area (Å²) in [7, 11) is 3.03. The highest BCUT2D eigenvalue weighted by Gasteiger charge is 2.21. The van der Waals surface area contributed by atoms with E-state index in [1.807, 2.05) is 0 Å². The quantitative estimate of drug-likeness (QED) is 0.922. The number of ether oxygens (including phenoxy) is 2. The highest BCUT2D eigenvalue weighted by Crippen LogP contribution is 2.36. The molecule has 0 aliphatic rings. The largest absolute Gasteiger partial charge is 0.497 e. The van der Waals surface area contributed by atoms with Gasteiger partial charge in [-0.05, 0) is 24.3 Å². The molecule has 1 unspecified atom stereocenters. The molecule has 0 saturated heterocycles. The normalized spacial score (nSPS) is 12.1. The number of methoxy groups -OCH3 is 2. The highest BCUT2D eigenvalue weighted by molar-refractivity contribution is 9.10. The van der Waals surface area contributed by atoms with Crippen molar-refractivity contribution in [3.05, 3.63) is 57.8 Å². The van der Waals surface area contributed by atoms with Crippen LogP contribution in [0, 0.1) is 5.82 Å². The third kappa shape index (κ3) is 2.78. The lowest BCUT2D eigenvalue weighted by atomic mass is 10.00. The Bertz CT molecular complexity index is 596. The Kier molecular flexibility index (Phi) is 4.62. The molecule has 0 heterocycles. The Morgan fingerprint density at radius 2 is 1.90 bits per heavy atom. The first kappa shape index (κ1) is 14.8. The zero-order valence-electron chi connectivity index (χ0n) is 11.1. The zero-order valence-corrected chi connectivity index (χ0v) is 12.6. The van der Waals surface area contributed by atoms with Crippen molar-refractivity contribution in [3.8, 4) is 11.5 Å². The first-order chi connectivity index (χ1) is 9.58. The molecule has 106 valence electrons. The first-order valence-corrected chi connectivity index (χ1v) is 6.71. The minimum atomic E-state index is -1.13. The van der Waals surface area contributed by atoms with Crippen LogP contribution >= 0.6 is 15.9 Å². The van der Waals surface area contributed by atoms with E-state index in [9.17, 15) is 9.50 Å². The van der Waals surface area contributed by atoms with Crippen molar-refractivity contribution in [1.82, 2.24) is 0 Å². The Hall–Kier alpha value is -1.59. The number of hydrogen-bond donors (Lipinski definition) is 1. The van der Waals surface area contributed by atoms with E-state index in [0.717, 1.165) is 0 Å². The number of halogens is 2. The van der Waals surface area contributed by atoms with Crippen LogP contribution in [0.5, 0.6) is 11.5 Å². The van der Waals surface area contributed by atoms with Crippen LogP contribution in [0.25, 0.3) is 0 Å². The molecule has 2 aromatic rings. The van der Waals surface area contributed by atoms with Gasteiger partial charge in [0.15, 0.2) is 0 Å². The molecule has 0 aliphatic heterocycles. The van der Waals surface area contributed by atoms with Crippen LogP contribution in [0.3, 0.4) is 0 Å². The molecule has 0 fully saturated rings. The van der Waals surface area contributed by atoms with Gasteiger partial charge in [0.1, 0.15) is 23.4 Å². The SMILES string of the molecule is COc1ccc(C(O)c2c(F)cccc2Br)c(OC)c1. The molecule has 3 nitrogen and oxygen atoms in total. The highest BCUT2D eigenvalue weighted by atomic mass is 79.9. The van der Waals surface area contributed by atoms with E-state index in [1.165, 1.54) is 13.2 Å². The van der Waals surface area contributed by atoms with Gasteiger partial charge in [0.25, 0.3) is 0 Å². The lowest BCUT2D eigenvalue weighted by Gasteiger charge is -2.17. The van der Waals surface area contributed by atoms with Gasteiger partial charge in [-0.15, -0.1) is 0 Å². The molecule has 1 N–H and O–H groups in total. The molecular weight excluding hydrogens is 327 g/mol. The predicted octanol–water partition coefficient (Wildman–Crippen LogP) is 3.69. The van der Waals surface area contributed by atoms with Gasteiger partial charge < -0.3 is 14.6 Å². The van der Waals surface area contributed by atoms with Crippen LogP contribution in [0.4, 0.5) is 4.39 Å². The van der Waals surface area contributed by atoms with Gasteiger partial charge in [-0.3, -0.25) is 0 Å². The standard InChI is InChI=1S/C15H14BrFO3/c1-19-9-6-7-10(13(8-9)20-2)15(18)14-11(16)4-3-5-12(14)17/h3-8,15,18H,1-2H3. The van der Waals surface area contributed by atoms with Gasteiger partial charge in [-0.1, -0.05) is 22.0 Å². The van der Waals surface area contributed by atoms with E-state index >= 15 is 0 Å². The van der Waals surface area contributed by atoms with Crippen molar-refractivity contribution < 1.29 is 19.0 Å². The zero-order chi connectivity index (χ0) is 14.7. The second kappa shape index (κ2) is 6.24. The molecular formula is C15H14BrFO3. The van der Waals surface area contributed by atoms with Crippen LogP contribution < -0.4 is 9.47 Å². The van der Waals surface area contributed by atoms with Crippen LogP contribution in [-0.4, -0.2) is 19.3 Å². The van der Waals surface area contributed by atoms with Crippen molar-refractivity contribution in [2.75, 3.05) is 14.2 Å². The van der Waals surface area contributed by atoms with E-state index < -0.39 is 11.9 Å². The Morgan fingerprint density at radius 1 is 1.15 bits per heavy atom. The van der Waals surface area contributed by atoms with E-state index in [4.69, 9.17) is 9.47 Å². The second-order valence-electron chi connectivity index (χ2n) is 4.15. The molecule has 0 aliphatic carbocycles. The topological polar surface area (TPSA) is 38.7 Å². The summed E-state index contributed by atoms with van der Waals surface area (Å²) in [5.41, 5.74) is 0.648. The van der Waals surface area contributed by atoms with Crippen LogP contribution in [-0.2, 0) is 0 Å². The van der Waals surface area contributed by atoms with Crippen LogP contribution in [0.1, 0.15) is 17.2 Å². The fraction of sp³-hybridized carbons (Fsp3) is 0.200. The van der Waals surface area contributed by atoms with Crippen molar-refractivity contribution in [2.24, 2.45) is 0 Å². The molecule has 1 atom stereocenters. The fourth-order valence-electron chi connectivity index (χ4n) is 1.97. The van der Waals surface area contributed by atoms with E-state index in [0.29, 0.717) is 21.5 Å². The van der Waals surface area contributed by atoms with Gasteiger partial charge in [0, 0.05) is 21.7 Å². The average Bonchev–Trinajstić information content (AvgIpc) is 2.46. The third-order valence-electron chi connectivity index (χ3n) is 3.01. The lowest BCUT2D eigenvalue weighted by molar-refractivity contribution is 0.208. The van der Waals surface area contributed by atoms with Crippen LogP contribution in [0.15, 0.2) is 40.9 Å².